The molecule has 4 rings (SSSR count). The molecule has 0 aromatic carbocycles. The first kappa shape index (κ1) is 29.7. The summed E-state index contributed by atoms with van der Waals surface area (Å²) in [5.74, 6) is -4.08. The SMILES string of the molecule is CCCCN1CCC(COc2ccc(NC(=O)c3c(C)nsc3Cc3cnc(C(F)(F)F)cn3)cn2)C(F)(F)C1. The van der Waals surface area contributed by atoms with Gasteiger partial charge >= 0.3 is 6.18 Å². The second-order valence-electron chi connectivity index (χ2n) is 9.66. The highest BCUT2D eigenvalue weighted by atomic mass is 32.1. The average molecular weight is 585 g/mol. The summed E-state index contributed by atoms with van der Waals surface area (Å²) in [4.78, 5) is 26.6. The molecular weight excluding hydrogens is 555 g/mol. The van der Waals surface area contributed by atoms with Crippen molar-refractivity contribution in [1.82, 2.24) is 24.2 Å². The molecular formula is C26H29F5N6O2S. The van der Waals surface area contributed by atoms with E-state index in [9.17, 15) is 26.7 Å². The third kappa shape index (κ3) is 7.47. The Labute approximate surface area is 232 Å². The molecule has 1 N–H and O–H groups in total. The highest BCUT2D eigenvalue weighted by Gasteiger charge is 2.44. The van der Waals surface area contributed by atoms with E-state index in [1.54, 1.807) is 17.9 Å². The summed E-state index contributed by atoms with van der Waals surface area (Å²) in [6.45, 7) is 4.51. The highest BCUT2D eigenvalue weighted by molar-refractivity contribution is 7.06. The van der Waals surface area contributed by atoms with Crippen molar-refractivity contribution in [3.63, 3.8) is 0 Å². The number of carbonyl (C=O) groups is 1. The molecule has 40 heavy (non-hydrogen) atoms. The number of carbonyl (C=O) groups excluding carboxylic acids is 1. The topological polar surface area (TPSA) is 93.1 Å². The molecule has 1 aliphatic rings. The van der Waals surface area contributed by atoms with Crippen molar-refractivity contribution in [2.24, 2.45) is 5.92 Å². The van der Waals surface area contributed by atoms with Gasteiger partial charge in [-0.05, 0) is 50.5 Å². The van der Waals surface area contributed by atoms with Gasteiger partial charge in [-0.3, -0.25) is 14.7 Å². The number of unbranched alkanes of at least 4 members (excludes halogenated alkanes) is 1. The van der Waals surface area contributed by atoms with Crippen LogP contribution in [0.3, 0.4) is 0 Å². The van der Waals surface area contributed by atoms with Crippen LogP contribution in [-0.2, 0) is 12.6 Å². The van der Waals surface area contributed by atoms with E-state index >= 15 is 0 Å². The van der Waals surface area contributed by atoms with E-state index in [2.05, 4.69) is 24.6 Å². The van der Waals surface area contributed by atoms with E-state index < -0.39 is 29.6 Å². The van der Waals surface area contributed by atoms with Crippen LogP contribution in [0.1, 0.15) is 58.5 Å². The standard InChI is InChI=1S/C26H29F5N6O2S/c1-3-4-8-37-9-7-17(25(27,28)15-37)14-39-22-6-5-18(11-34-22)35-24(38)23-16(2)36-40-20(23)10-19-12-33-21(13-32-19)26(29,30)31/h5-6,11-13,17H,3-4,7-10,14-15H2,1-2H3,(H,35,38). The van der Waals surface area contributed by atoms with Crippen LogP contribution >= 0.6 is 11.5 Å². The Bertz CT molecular complexity index is 1280. The number of halogens is 5. The zero-order valence-electron chi connectivity index (χ0n) is 22.0. The second-order valence-corrected chi connectivity index (χ2v) is 10.5. The van der Waals surface area contributed by atoms with E-state index in [4.69, 9.17) is 4.74 Å². The van der Waals surface area contributed by atoms with Crippen LogP contribution in [0.5, 0.6) is 5.88 Å². The van der Waals surface area contributed by atoms with Gasteiger partial charge in [-0.15, -0.1) is 0 Å². The Hall–Kier alpha value is -3.26. The number of nitrogens with zero attached hydrogens (tertiary/aromatic N) is 5. The monoisotopic (exact) mass is 584 g/mol. The Morgan fingerprint density at radius 2 is 2.00 bits per heavy atom. The maximum atomic E-state index is 14.6. The number of alkyl halides is 5. The maximum absolute atomic E-state index is 14.6. The summed E-state index contributed by atoms with van der Waals surface area (Å²) < 4.78 is 77.2. The van der Waals surface area contributed by atoms with Gasteiger partial charge in [0.25, 0.3) is 11.8 Å². The molecule has 4 heterocycles. The largest absolute Gasteiger partial charge is 0.477 e. The van der Waals surface area contributed by atoms with Crippen molar-refractivity contribution in [1.29, 1.82) is 0 Å². The lowest BCUT2D eigenvalue weighted by Gasteiger charge is -2.38. The van der Waals surface area contributed by atoms with Crippen molar-refractivity contribution in [2.75, 3.05) is 31.6 Å². The van der Waals surface area contributed by atoms with Gasteiger partial charge in [-0.2, -0.15) is 17.5 Å². The van der Waals surface area contributed by atoms with Crippen LogP contribution in [0, 0.1) is 12.8 Å². The van der Waals surface area contributed by atoms with Gasteiger partial charge in [0, 0.05) is 23.6 Å². The third-order valence-corrected chi connectivity index (χ3v) is 7.51. The van der Waals surface area contributed by atoms with Gasteiger partial charge in [0.1, 0.15) is 0 Å². The number of nitrogens with one attached hydrogen (secondary N) is 1. The van der Waals surface area contributed by atoms with Crippen LogP contribution in [0.25, 0.3) is 0 Å². The summed E-state index contributed by atoms with van der Waals surface area (Å²) in [6, 6.07) is 3.03. The number of ether oxygens (including phenoxy) is 1. The van der Waals surface area contributed by atoms with Crippen molar-refractivity contribution < 1.29 is 31.5 Å². The van der Waals surface area contributed by atoms with Crippen molar-refractivity contribution in [3.8, 4) is 5.88 Å². The lowest BCUT2D eigenvalue weighted by molar-refractivity contribution is -0.141. The average Bonchev–Trinajstić information content (AvgIpc) is 3.26. The number of aromatic nitrogens is 4. The smallest absolute Gasteiger partial charge is 0.434 e. The molecule has 1 unspecified atom stereocenters. The van der Waals surface area contributed by atoms with Crippen LogP contribution in [-0.4, -0.2) is 62.3 Å². The molecule has 1 saturated heterocycles. The first-order valence-corrected chi connectivity index (χ1v) is 13.6. The number of aryl methyl sites for hydroxylation is 1. The number of hydrogen-bond donors (Lipinski definition) is 1. The summed E-state index contributed by atoms with van der Waals surface area (Å²) >= 11 is 1.05. The molecule has 1 aliphatic heterocycles. The summed E-state index contributed by atoms with van der Waals surface area (Å²) in [6.07, 6.45) is 0.689. The number of piperidine rings is 1. The minimum Gasteiger partial charge on any atom is -0.477 e. The molecule has 3 aromatic heterocycles. The van der Waals surface area contributed by atoms with E-state index in [1.807, 2.05) is 6.92 Å². The van der Waals surface area contributed by atoms with Crippen LogP contribution < -0.4 is 10.1 Å². The second kappa shape index (κ2) is 12.5. The fraction of sp³-hybridized carbons (Fsp3) is 0.500. The van der Waals surface area contributed by atoms with Gasteiger partial charge < -0.3 is 10.1 Å². The van der Waals surface area contributed by atoms with Crippen LogP contribution in [0.2, 0.25) is 0 Å². The van der Waals surface area contributed by atoms with Crippen molar-refractivity contribution in [3.05, 3.63) is 58.2 Å². The molecule has 1 atom stereocenters. The number of amides is 1. The van der Waals surface area contributed by atoms with Crippen molar-refractivity contribution >= 4 is 23.1 Å². The van der Waals surface area contributed by atoms with Gasteiger partial charge in [-0.25, -0.2) is 18.7 Å². The number of rotatable bonds is 10. The van der Waals surface area contributed by atoms with Crippen LogP contribution in [0.15, 0.2) is 30.7 Å². The minimum absolute atomic E-state index is 0.0760. The lowest BCUT2D eigenvalue weighted by Crippen LogP contribution is -2.50. The zero-order valence-corrected chi connectivity index (χ0v) is 22.8. The Morgan fingerprint density at radius 3 is 2.62 bits per heavy atom. The normalized spacial score (nSPS) is 17.5. The molecule has 8 nitrogen and oxygen atoms in total. The van der Waals surface area contributed by atoms with E-state index in [0.29, 0.717) is 42.0 Å². The quantitative estimate of drug-likeness (QED) is 0.309. The summed E-state index contributed by atoms with van der Waals surface area (Å²) in [5.41, 5.74) is 0.228. The molecule has 1 amide bonds. The van der Waals surface area contributed by atoms with E-state index in [1.165, 1.54) is 12.3 Å². The van der Waals surface area contributed by atoms with E-state index in [-0.39, 0.29) is 36.7 Å². The van der Waals surface area contributed by atoms with Gasteiger partial charge in [0.15, 0.2) is 5.69 Å². The molecule has 1 fully saturated rings. The Kier molecular flexibility index (Phi) is 9.29. The predicted molar refractivity (Wildman–Crippen MR) is 139 cm³/mol. The molecule has 14 heteroatoms. The third-order valence-electron chi connectivity index (χ3n) is 6.58. The summed E-state index contributed by atoms with van der Waals surface area (Å²) in [7, 11) is 0. The maximum Gasteiger partial charge on any atom is 0.434 e. The fourth-order valence-electron chi connectivity index (χ4n) is 4.34. The highest BCUT2D eigenvalue weighted by Crippen LogP contribution is 2.33. The van der Waals surface area contributed by atoms with E-state index in [0.717, 1.165) is 30.6 Å². The minimum atomic E-state index is -4.59. The van der Waals surface area contributed by atoms with Gasteiger partial charge in [-0.1, -0.05) is 13.3 Å². The first-order valence-electron chi connectivity index (χ1n) is 12.8. The number of anilines is 1. The predicted octanol–water partition coefficient (Wildman–Crippen LogP) is 5.63. The van der Waals surface area contributed by atoms with Crippen molar-refractivity contribution in [2.45, 2.75) is 51.6 Å². The molecule has 3 aromatic rings. The first-order chi connectivity index (χ1) is 19.0. The molecule has 0 bridgehead atoms. The molecule has 216 valence electrons. The fourth-order valence-corrected chi connectivity index (χ4v) is 5.22. The van der Waals surface area contributed by atoms with Gasteiger partial charge in [0.2, 0.25) is 5.88 Å². The number of pyridine rings is 1. The zero-order chi connectivity index (χ0) is 28.9. The molecule has 0 saturated carbocycles. The number of hydrogen-bond acceptors (Lipinski definition) is 8. The summed E-state index contributed by atoms with van der Waals surface area (Å²) in [5, 5.41) is 2.71. The molecule has 0 aliphatic carbocycles. The van der Waals surface area contributed by atoms with Gasteiger partial charge in [0.05, 0.1) is 54.1 Å². The number of likely N-dealkylation sites (tertiary alicyclic amines) is 1. The molecule has 0 radical (unpaired) electrons. The Balaban J connectivity index is 1.33. The Morgan fingerprint density at radius 1 is 1.20 bits per heavy atom. The lowest BCUT2D eigenvalue weighted by atomic mass is 9.93. The van der Waals surface area contributed by atoms with Crippen LogP contribution in [0.4, 0.5) is 27.6 Å². The molecule has 0 spiro atoms.